The number of oxime groups is 1. The molecule has 0 aromatic rings. The van der Waals surface area contributed by atoms with Gasteiger partial charge in [-0.05, 0) is 105 Å². The van der Waals surface area contributed by atoms with E-state index in [1.165, 1.54) is 44.2 Å². The summed E-state index contributed by atoms with van der Waals surface area (Å²) in [6, 6.07) is 0. The molecule has 0 bridgehead atoms. The molecule has 4 rings (SSSR count). The average Bonchev–Trinajstić information content (AvgIpc) is 2.94. The van der Waals surface area contributed by atoms with Gasteiger partial charge in [-0.2, -0.15) is 0 Å². The van der Waals surface area contributed by atoms with E-state index in [4.69, 9.17) is 10.6 Å². The Bertz CT molecular complexity index is 550. The molecule has 4 aliphatic carbocycles. The maximum atomic E-state index is 10.6. The van der Waals surface area contributed by atoms with Gasteiger partial charge in [0.15, 0.2) is 0 Å². The van der Waals surface area contributed by atoms with E-state index in [0.717, 1.165) is 49.4 Å². The summed E-state index contributed by atoms with van der Waals surface area (Å²) in [7, 11) is 0. The van der Waals surface area contributed by atoms with Crippen molar-refractivity contribution in [1.29, 1.82) is 0 Å². The van der Waals surface area contributed by atoms with Gasteiger partial charge in [0.25, 0.3) is 0 Å². The third kappa shape index (κ3) is 2.92. The molecule has 0 aromatic carbocycles. The summed E-state index contributed by atoms with van der Waals surface area (Å²) in [5, 5.41) is 15.0. The molecule has 0 saturated heterocycles. The predicted octanol–water partition coefficient (Wildman–Crippen LogP) is 4.11. The van der Waals surface area contributed by atoms with E-state index < -0.39 is 0 Å². The minimum Gasteiger partial charge on any atom is -0.396 e. The number of fused-ring (bicyclic) bond motifs is 5. The van der Waals surface area contributed by atoms with E-state index in [9.17, 15) is 5.11 Å². The number of rotatable bonds is 4. The molecule has 0 radical (unpaired) electrons. The highest BCUT2D eigenvalue weighted by Crippen LogP contribution is 2.65. The van der Waals surface area contributed by atoms with Crippen LogP contribution in [0.1, 0.15) is 78.1 Å². The van der Waals surface area contributed by atoms with Crippen LogP contribution in [0.25, 0.3) is 0 Å². The zero-order valence-electron chi connectivity index (χ0n) is 16.8. The predicted molar refractivity (Wildman–Crippen MR) is 105 cm³/mol. The van der Waals surface area contributed by atoms with Crippen molar-refractivity contribution in [3.8, 4) is 0 Å². The molecule has 4 saturated carbocycles. The van der Waals surface area contributed by atoms with Gasteiger partial charge in [-0.15, -0.1) is 0 Å². The molecule has 0 spiro atoms. The van der Waals surface area contributed by atoms with Gasteiger partial charge in [-0.3, -0.25) is 0 Å². The van der Waals surface area contributed by atoms with Gasteiger partial charge in [-0.25, -0.2) is 0 Å². The zero-order valence-corrected chi connectivity index (χ0v) is 16.8. The van der Waals surface area contributed by atoms with Crippen LogP contribution in [-0.4, -0.2) is 30.1 Å². The fourth-order valence-electron chi connectivity index (χ4n) is 7.40. The summed E-state index contributed by atoms with van der Waals surface area (Å²) >= 11 is 0. The van der Waals surface area contributed by atoms with E-state index in [0.29, 0.717) is 18.6 Å². The molecule has 7 atom stereocenters. The van der Waals surface area contributed by atoms with E-state index >= 15 is 0 Å². The minimum atomic E-state index is -0.0604. The first kappa shape index (κ1) is 18.7. The molecule has 3 N–H and O–H groups in total. The minimum absolute atomic E-state index is 0.0604. The molecule has 0 amide bonds. The van der Waals surface area contributed by atoms with Gasteiger partial charge in [0.1, 0.15) is 6.61 Å². The largest absolute Gasteiger partial charge is 0.396 e. The van der Waals surface area contributed by atoms with Crippen LogP contribution in [0.4, 0.5) is 0 Å². The van der Waals surface area contributed by atoms with Gasteiger partial charge in [0.05, 0.1) is 11.8 Å². The van der Waals surface area contributed by atoms with Gasteiger partial charge >= 0.3 is 0 Å². The third-order valence-electron chi connectivity index (χ3n) is 9.08. The number of nitrogens with two attached hydrogens (primary N) is 1. The van der Waals surface area contributed by atoms with E-state index in [1.54, 1.807) is 0 Å². The van der Waals surface area contributed by atoms with Crippen molar-refractivity contribution >= 4 is 5.71 Å². The van der Waals surface area contributed by atoms with Gasteiger partial charge in [0.2, 0.25) is 0 Å². The molecule has 4 nitrogen and oxygen atoms in total. The molecule has 26 heavy (non-hydrogen) atoms. The number of nitrogens with zero attached hydrogens (tertiary/aromatic N) is 1. The molecule has 0 aromatic heterocycles. The Morgan fingerprint density at radius 1 is 1.08 bits per heavy atom. The van der Waals surface area contributed by atoms with Gasteiger partial charge in [-0.1, -0.05) is 19.0 Å². The smallest absolute Gasteiger partial charge is 0.118 e. The number of aliphatic hydroxyl groups excluding tert-OH is 1. The van der Waals surface area contributed by atoms with Crippen molar-refractivity contribution in [3.05, 3.63) is 0 Å². The monoisotopic (exact) mass is 362 g/mol. The lowest BCUT2D eigenvalue weighted by molar-refractivity contribution is -0.112. The number of hydrogen-bond acceptors (Lipinski definition) is 4. The fraction of sp³-hybridized carbons (Fsp3) is 0.955. The van der Waals surface area contributed by atoms with Crippen LogP contribution in [0.5, 0.6) is 0 Å². The highest BCUT2D eigenvalue weighted by molar-refractivity contribution is 5.85. The first-order valence-corrected chi connectivity index (χ1v) is 11.0. The van der Waals surface area contributed by atoms with Crippen molar-refractivity contribution in [3.63, 3.8) is 0 Å². The maximum absolute atomic E-state index is 10.6. The van der Waals surface area contributed by atoms with Crippen LogP contribution in [0.2, 0.25) is 0 Å². The molecule has 148 valence electrons. The zero-order chi connectivity index (χ0) is 18.4. The van der Waals surface area contributed by atoms with E-state index in [-0.39, 0.29) is 11.5 Å². The second-order valence-electron chi connectivity index (χ2n) is 10.1. The molecule has 4 aliphatic rings. The second-order valence-corrected chi connectivity index (χ2v) is 10.1. The Kier molecular flexibility index (Phi) is 5.11. The molecule has 4 heteroatoms. The molecule has 4 unspecified atom stereocenters. The Labute approximate surface area is 158 Å². The van der Waals surface area contributed by atoms with Gasteiger partial charge in [0, 0.05) is 0 Å². The Balaban J connectivity index is 1.46. The summed E-state index contributed by atoms with van der Waals surface area (Å²) in [6.07, 6.45) is 11.8. The molecule has 0 heterocycles. The van der Waals surface area contributed by atoms with Crippen molar-refractivity contribution in [2.45, 2.75) is 84.2 Å². The summed E-state index contributed by atoms with van der Waals surface area (Å²) in [4.78, 5) is 5.49. The molecule has 0 aliphatic heterocycles. The lowest BCUT2D eigenvalue weighted by Crippen LogP contribution is -2.54. The SMILES string of the molecule is C[C@]12CC/C(=N\OCCCN)CC1CCC1C2CC[C@@]2(C)C1CC[C@@H]2O. The second kappa shape index (κ2) is 7.09. The lowest BCUT2D eigenvalue weighted by Gasteiger charge is -2.60. The quantitative estimate of drug-likeness (QED) is 0.584. The molecular formula is C22H38N2O2. The Hall–Kier alpha value is -0.610. The van der Waals surface area contributed by atoms with Crippen LogP contribution in [0.3, 0.4) is 0 Å². The lowest BCUT2D eigenvalue weighted by atomic mass is 9.45. The first-order chi connectivity index (χ1) is 12.5. The normalized spacial score (nSPS) is 49.4. The van der Waals surface area contributed by atoms with Crippen LogP contribution in [0.15, 0.2) is 5.16 Å². The van der Waals surface area contributed by atoms with Crippen LogP contribution < -0.4 is 5.73 Å². The Morgan fingerprint density at radius 2 is 1.88 bits per heavy atom. The molecule has 4 fully saturated rings. The van der Waals surface area contributed by atoms with E-state index in [1.807, 2.05) is 0 Å². The van der Waals surface area contributed by atoms with Crippen molar-refractivity contribution in [2.24, 2.45) is 45.4 Å². The standard InChI is InChI=1S/C22H38N2O2/c1-21-10-8-16(24-26-13-3-12-23)14-15(21)4-5-17-18-6-7-20(25)22(18,2)11-9-19(17)21/h15,17-20,25H,3-14,23H2,1-2H3/b24-16+/t15?,17?,18?,19?,20-,21-,22-/m0/s1. The molecular weight excluding hydrogens is 324 g/mol. The maximum Gasteiger partial charge on any atom is 0.118 e. The summed E-state index contributed by atoms with van der Waals surface area (Å²) < 4.78 is 0. The first-order valence-electron chi connectivity index (χ1n) is 11.0. The van der Waals surface area contributed by atoms with Crippen LogP contribution in [0, 0.1) is 34.5 Å². The summed E-state index contributed by atoms with van der Waals surface area (Å²) in [6.45, 7) is 6.28. The van der Waals surface area contributed by atoms with Crippen LogP contribution >= 0.6 is 0 Å². The number of aliphatic hydroxyl groups is 1. The highest BCUT2D eigenvalue weighted by Gasteiger charge is 2.59. The summed E-state index contributed by atoms with van der Waals surface area (Å²) in [5.74, 6) is 3.21. The fourth-order valence-corrected chi connectivity index (χ4v) is 7.40. The third-order valence-corrected chi connectivity index (χ3v) is 9.08. The highest BCUT2D eigenvalue weighted by atomic mass is 16.6. The summed E-state index contributed by atoms with van der Waals surface area (Å²) in [5.41, 5.74) is 7.47. The van der Waals surface area contributed by atoms with Crippen molar-refractivity contribution in [1.82, 2.24) is 0 Å². The van der Waals surface area contributed by atoms with Crippen molar-refractivity contribution < 1.29 is 9.94 Å². The average molecular weight is 363 g/mol. The number of hydrogen-bond donors (Lipinski definition) is 2. The van der Waals surface area contributed by atoms with E-state index in [2.05, 4.69) is 19.0 Å². The van der Waals surface area contributed by atoms with Crippen LogP contribution in [-0.2, 0) is 4.84 Å². The Morgan fingerprint density at radius 3 is 2.69 bits per heavy atom. The van der Waals surface area contributed by atoms with Gasteiger partial charge < -0.3 is 15.7 Å². The van der Waals surface area contributed by atoms with Crippen molar-refractivity contribution in [2.75, 3.05) is 13.2 Å². The topological polar surface area (TPSA) is 67.8 Å².